The lowest BCUT2D eigenvalue weighted by Crippen LogP contribution is -2.48. The average Bonchev–Trinajstić information content (AvgIpc) is 2.66. The van der Waals surface area contributed by atoms with Gasteiger partial charge >= 0.3 is 5.97 Å². The summed E-state index contributed by atoms with van der Waals surface area (Å²) in [7, 11) is -2.14. The molecule has 0 heterocycles. The number of aldehydes is 1. The number of unbranched alkanes of at least 4 members (excludes halogenated alkanes) is 1. The Hall–Kier alpha value is -1.98. The first-order chi connectivity index (χ1) is 14.4. The summed E-state index contributed by atoms with van der Waals surface area (Å²) in [5, 5.41) is 2.29. The fraction of sp³-hybridized carbons (Fsp3) is 0.538. The molecule has 1 unspecified atom stereocenters. The minimum atomic E-state index is -2.14. The predicted molar refractivity (Wildman–Crippen MR) is 130 cm³/mol. The molecule has 0 saturated carbocycles. The Bertz CT molecular complexity index is 913. The third kappa shape index (κ3) is 6.50. The molecule has 0 radical (unpaired) electrons. The maximum atomic E-state index is 12.5. The van der Waals surface area contributed by atoms with Gasteiger partial charge in [-0.3, -0.25) is 4.79 Å². The van der Waals surface area contributed by atoms with Gasteiger partial charge in [0.2, 0.25) is 0 Å². The topological polar surface area (TPSA) is 52.6 Å². The van der Waals surface area contributed by atoms with Crippen LogP contribution in [0.15, 0.2) is 36.4 Å². The van der Waals surface area contributed by atoms with Crippen LogP contribution < -0.4 is 0 Å². The highest BCUT2D eigenvalue weighted by Crippen LogP contribution is 2.43. The molecule has 31 heavy (non-hydrogen) atoms. The van der Waals surface area contributed by atoms with Gasteiger partial charge in [-0.1, -0.05) is 51.1 Å². The number of ether oxygens (including phenoxy) is 1. The van der Waals surface area contributed by atoms with Crippen LogP contribution in [0, 0.1) is 0 Å². The van der Waals surface area contributed by atoms with Gasteiger partial charge in [0.25, 0.3) is 0 Å². The summed E-state index contributed by atoms with van der Waals surface area (Å²) in [6, 6.07) is 12.7. The molecular formula is C26H38O4Si. The summed E-state index contributed by atoms with van der Waals surface area (Å²) in [4.78, 5) is 23.1. The summed E-state index contributed by atoms with van der Waals surface area (Å²) in [5.74, 6) is -0.241. The van der Waals surface area contributed by atoms with E-state index in [4.69, 9.17) is 9.16 Å². The third-order valence-electron chi connectivity index (χ3n) is 6.38. The number of carbonyl (C=O) groups excluding carboxylic acids is 2. The zero-order valence-electron chi connectivity index (χ0n) is 20.2. The minimum absolute atomic E-state index is 0.0240. The molecule has 0 bridgehead atoms. The van der Waals surface area contributed by atoms with Crippen molar-refractivity contribution in [3.05, 3.63) is 47.5 Å². The highest BCUT2D eigenvalue weighted by molar-refractivity contribution is 6.74. The predicted octanol–water partition coefficient (Wildman–Crippen LogP) is 6.55. The van der Waals surface area contributed by atoms with Crippen molar-refractivity contribution in [2.75, 3.05) is 6.61 Å². The van der Waals surface area contributed by atoms with Gasteiger partial charge in [-0.25, -0.2) is 0 Å². The van der Waals surface area contributed by atoms with E-state index in [1.54, 1.807) is 0 Å². The van der Waals surface area contributed by atoms with E-state index in [9.17, 15) is 9.59 Å². The number of carbonyl (C=O) groups is 2. The van der Waals surface area contributed by atoms with E-state index < -0.39 is 13.9 Å². The summed E-state index contributed by atoms with van der Waals surface area (Å²) in [5.41, 5.74) is 1.46. The quantitative estimate of drug-likeness (QED) is 0.181. The van der Waals surface area contributed by atoms with Gasteiger partial charge in [0.1, 0.15) is 6.29 Å². The number of hydrogen-bond donors (Lipinski definition) is 0. The molecule has 0 N–H and O–H groups in total. The number of aryl methyl sites for hydroxylation is 1. The highest BCUT2D eigenvalue weighted by Gasteiger charge is 2.44. The van der Waals surface area contributed by atoms with E-state index in [0.29, 0.717) is 13.0 Å². The standard InChI is InChI=1S/C26H38O4Si/c1-8-29-24(28)19-26(5,30-31(6,7)25(2,3)4)23-15-14-21-17-20(11-9-10-16-27)12-13-22(21)18-23/h12-18H,8-11,19H2,1-7H3. The van der Waals surface area contributed by atoms with E-state index in [1.807, 2.05) is 13.8 Å². The maximum Gasteiger partial charge on any atom is 0.309 e. The monoisotopic (exact) mass is 442 g/mol. The van der Waals surface area contributed by atoms with E-state index in [2.05, 4.69) is 70.3 Å². The first-order valence-corrected chi connectivity index (χ1v) is 14.2. The van der Waals surface area contributed by atoms with Crippen LogP contribution >= 0.6 is 0 Å². The van der Waals surface area contributed by atoms with E-state index in [-0.39, 0.29) is 17.4 Å². The van der Waals surface area contributed by atoms with Crippen molar-refractivity contribution in [3.63, 3.8) is 0 Å². The minimum Gasteiger partial charge on any atom is -0.466 e. The van der Waals surface area contributed by atoms with Crippen LogP contribution in [0.5, 0.6) is 0 Å². The highest BCUT2D eigenvalue weighted by atomic mass is 28.4. The number of fused-ring (bicyclic) bond motifs is 1. The molecule has 0 aliphatic heterocycles. The zero-order valence-corrected chi connectivity index (χ0v) is 21.2. The molecule has 0 saturated heterocycles. The molecule has 2 aromatic rings. The van der Waals surface area contributed by atoms with Crippen molar-refractivity contribution >= 4 is 31.3 Å². The van der Waals surface area contributed by atoms with Crippen LogP contribution in [0.2, 0.25) is 18.1 Å². The van der Waals surface area contributed by atoms with Crippen LogP contribution in [-0.4, -0.2) is 27.2 Å². The van der Waals surface area contributed by atoms with E-state index in [1.165, 1.54) is 5.56 Å². The van der Waals surface area contributed by atoms with Gasteiger partial charge in [0.15, 0.2) is 8.32 Å². The summed E-state index contributed by atoms with van der Waals surface area (Å²) in [6.45, 7) is 15.2. The Morgan fingerprint density at radius 2 is 1.68 bits per heavy atom. The second-order valence-electron chi connectivity index (χ2n) is 10.0. The SMILES string of the molecule is CCOC(=O)CC(C)(O[Si](C)(C)C(C)(C)C)c1ccc2cc(CCCC=O)ccc2c1. The molecule has 1 atom stereocenters. The molecule has 0 aliphatic rings. The lowest BCUT2D eigenvalue weighted by molar-refractivity contribution is -0.147. The third-order valence-corrected chi connectivity index (χ3v) is 10.9. The molecule has 0 spiro atoms. The first kappa shape index (κ1) is 25.3. The molecule has 0 amide bonds. The Labute approximate surface area is 188 Å². The Morgan fingerprint density at radius 3 is 2.29 bits per heavy atom. The fourth-order valence-corrected chi connectivity index (χ4v) is 5.19. The van der Waals surface area contributed by atoms with Crippen LogP contribution in [0.3, 0.4) is 0 Å². The van der Waals surface area contributed by atoms with Crippen molar-refractivity contribution in [3.8, 4) is 0 Å². The van der Waals surface area contributed by atoms with E-state index in [0.717, 1.165) is 35.5 Å². The van der Waals surface area contributed by atoms with Crippen molar-refractivity contribution in [2.24, 2.45) is 0 Å². The van der Waals surface area contributed by atoms with Gasteiger partial charge in [0.05, 0.1) is 18.6 Å². The normalized spacial score (nSPS) is 14.3. The number of benzene rings is 2. The van der Waals surface area contributed by atoms with Gasteiger partial charge in [-0.05, 0) is 72.8 Å². The summed E-state index contributed by atoms with van der Waals surface area (Å²) >= 11 is 0. The van der Waals surface area contributed by atoms with Crippen molar-refractivity contribution in [1.29, 1.82) is 0 Å². The van der Waals surface area contributed by atoms with Crippen LogP contribution in [0.25, 0.3) is 10.8 Å². The fourth-order valence-electron chi connectivity index (χ4n) is 3.57. The molecule has 170 valence electrons. The summed E-state index contributed by atoms with van der Waals surface area (Å²) < 4.78 is 12.1. The molecule has 5 heteroatoms. The first-order valence-electron chi connectivity index (χ1n) is 11.2. The molecule has 2 rings (SSSR count). The second-order valence-corrected chi connectivity index (χ2v) is 14.8. The second kappa shape index (κ2) is 10.1. The molecule has 0 aliphatic carbocycles. The molecule has 2 aromatic carbocycles. The smallest absolute Gasteiger partial charge is 0.309 e. The Balaban J connectivity index is 2.43. The Morgan fingerprint density at radius 1 is 1.03 bits per heavy atom. The van der Waals surface area contributed by atoms with Gasteiger partial charge in [-0.2, -0.15) is 0 Å². The van der Waals surface area contributed by atoms with Crippen molar-refractivity contribution < 1.29 is 18.8 Å². The number of esters is 1. The van der Waals surface area contributed by atoms with Crippen molar-refractivity contribution in [1.82, 2.24) is 0 Å². The Kier molecular flexibility index (Phi) is 8.23. The maximum absolute atomic E-state index is 12.5. The molecule has 0 aromatic heterocycles. The van der Waals surface area contributed by atoms with Crippen LogP contribution in [0.1, 0.15) is 65.0 Å². The van der Waals surface area contributed by atoms with Gasteiger partial charge in [0, 0.05) is 6.42 Å². The number of hydrogen-bond acceptors (Lipinski definition) is 4. The van der Waals surface area contributed by atoms with Gasteiger partial charge in [-0.15, -0.1) is 0 Å². The van der Waals surface area contributed by atoms with Gasteiger partial charge < -0.3 is 14.0 Å². The largest absolute Gasteiger partial charge is 0.466 e. The zero-order chi connectivity index (χ0) is 23.3. The molecular weight excluding hydrogens is 404 g/mol. The van der Waals surface area contributed by atoms with Crippen LogP contribution in [0.4, 0.5) is 0 Å². The van der Waals surface area contributed by atoms with Crippen LogP contribution in [-0.2, 0) is 30.8 Å². The summed E-state index contributed by atoms with van der Waals surface area (Å²) in [6.07, 6.45) is 3.51. The molecule has 4 nitrogen and oxygen atoms in total. The van der Waals surface area contributed by atoms with E-state index >= 15 is 0 Å². The molecule has 0 fully saturated rings. The average molecular weight is 443 g/mol. The number of rotatable bonds is 10. The van der Waals surface area contributed by atoms with Crippen molar-refractivity contribution in [2.45, 2.75) is 84.0 Å². The lowest BCUT2D eigenvalue weighted by atomic mass is 9.90. The lowest BCUT2D eigenvalue weighted by Gasteiger charge is -2.44.